The van der Waals surface area contributed by atoms with Crippen molar-refractivity contribution in [2.24, 2.45) is 0 Å². The van der Waals surface area contributed by atoms with Crippen LogP contribution in [0.2, 0.25) is 0 Å². The summed E-state index contributed by atoms with van der Waals surface area (Å²) in [6.45, 7) is 2.94. The Morgan fingerprint density at radius 2 is 2.14 bits per heavy atom. The van der Waals surface area contributed by atoms with Crippen LogP contribution in [0, 0.1) is 6.92 Å². The molecule has 1 aromatic heterocycles. The highest BCUT2D eigenvalue weighted by Crippen LogP contribution is 2.19. The van der Waals surface area contributed by atoms with Crippen LogP contribution in [0.15, 0.2) is 29.6 Å². The second kappa shape index (κ2) is 6.62. The average molecular weight is 318 g/mol. The molecule has 2 aromatic rings. The number of rotatable bonds is 3. The van der Waals surface area contributed by atoms with Crippen LogP contribution < -0.4 is 0 Å². The molecule has 0 aliphatic carbocycles. The number of benzene rings is 1. The van der Waals surface area contributed by atoms with Crippen LogP contribution >= 0.6 is 23.1 Å². The molecule has 1 amide bonds. The third-order valence-electron chi connectivity index (χ3n) is 3.50. The molecule has 3 rings (SSSR count). The lowest BCUT2D eigenvalue weighted by atomic mass is 10.1. The molecule has 1 aromatic carbocycles. The Labute approximate surface area is 133 Å². The smallest absolute Gasteiger partial charge is 0.274 e. The lowest BCUT2D eigenvalue weighted by molar-refractivity contribution is 0.0777. The number of thioether (sulfide) groups is 1. The molecular formula is C16H18N2OS2. The number of hydrogen-bond donors (Lipinski definition) is 0. The van der Waals surface area contributed by atoms with Crippen LogP contribution in [0.25, 0.3) is 0 Å². The maximum Gasteiger partial charge on any atom is 0.274 e. The summed E-state index contributed by atoms with van der Waals surface area (Å²) in [7, 11) is 0. The Bertz CT molecular complexity index is 615. The van der Waals surface area contributed by atoms with Gasteiger partial charge in [0.2, 0.25) is 0 Å². The summed E-state index contributed by atoms with van der Waals surface area (Å²) in [5, 5.41) is 2.90. The van der Waals surface area contributed by atoms with Gasteiger partial charge in [-0.15, -0.1) is 23.1 Å². The number of aromatic nitrogens is 1. The number of amides is 1. The molecule has 110 valence electrons. The SMILES string of the molecule is Cc1ccc(Cc2nc(C(=O)N3CCCSC3)cs2)cc1. The molecule has 1 fully saturated rings. The Hall–Kier alpha value is -1.33. The molecule has 0 spiro atoms. The highest BCUT2D eigenvalue weighted by atomic mass is 32.2. The minimum atomic E-state index is 0.0774. The molecule has 0 bridgehead atoms. The molecule has 1 saturated heterocycles. The van der Waals surface area contributed by atoms with Crippen LogP contribution in [0.3, 0.4) is 0 Å². The molecule has 0 atom stereocenters. The molecule has 0 radical (unpaired) electrons. The fraction of sp³-hybridized carbons (Fsp3) is 0.375. The second-order valence-electron chi connectivity index (χ2n) is 5.25. The van der Waals surface area contributed by atoms with Crippen molar-refractivity contribution in [2.75, 3.05) is 18.2 Å². The van der Waals surface area contributed by atoms with E-state index in [4.69, 9.17) is 0 Å². The van der Waals surface area contributed by atoms with Crippen molar-refractivity contribution >= 4 is 29.0 Å². The standard InChI is InChI=1S/C16H18N2OS2/c1-12-3-5-13(6-4-12)9-15-17-14(10-21-15)16(19)18-7-2-8-20-11-18/h3-6,10H,2,7-9,11H2,1H3. The first-order valence-corrected chi connectivity index (χ1v) is 9.13. The fourth-order valence-electron chi connectivity index (χ4n) is 2.29. The van der Waals surface area contributed by atoms with Crippen molar-refractivity contribution in [2.45, 2.75) is 19.8 Å². The first kappa shape index (κ1) is 14.6. The summed E-state index contributed by atoms with van der Waals surface area (Å²) in [6, 6.07) is 8.47. The van der Waals surface area contributed by atoms with Crippen LogP contribution in [-0.2, 0) is 6.42 Å². The van der Waals surface area contributed by atoms with Crippen LogP contribution in [0.5, 0.6) is 0 Å². The van der Waals surface area contributed by atoms with Crippen LogP contribution in [0.4, 0.5) is 0 Å². The van der Waals surface area contributed by atoms with Crippen molar-refractivity contribution in [1.82, 2.24) is 9.88 Å². The van der Waals surface area contributed by atoms with E-state index in [1.807, 2.05) is 22.0 Å². The van der Waals surface area contributed by atoms with Gasteiger partial charge in [0.1, 0.15) is 5.69 Å². The predicted molar refractivity (Wildman–Crippen MR) is 89.1 cm³/mol. The molecule has 1 aliphatic rings. The molecule has 0 saturated carbocycles. The number of nitrogens with zero attached hydrogens (tertiary/aromatic N) is 2. The summed E-state index contributed by atoms with van der Waals surface area (Å²) in [5.74, 6) is 2.03. The molecule has 0 N–H and O–H groups in total. The van der Waals surface area contributed by atoms with E-state index in [1.165, 1.54) is 11.1 Å². The Morgan fingerprint density at radius 1 is 1.33 bits per heavy atom. The van der Waals surface area contributed by atoms with Gasteiger partial charge in [-0.25, -0.2) is 4.98 Å². The molecule has 5 heteroatoms. The van der Waals surface area contributed by atoms with Crippen LogP contribution in [-0.4, -0.2) is 34.0 Å². The van der Waals surface area contributed by atoms with E-state index >= 15 is 0 Å². The summed E-state index contributed by atoms with van der Waals surface area (Å²) in [5.41, 5.74) is 3.10. The number of carbonyl (C=O) groups excluding carboxylic acids is 1. The van der Waals surface area contributed by atoms with Crippen molar-refractivity contribution in [3.63, 3.8) is 0 Å². The summed E-state index contributed by atoms with van der Waals surface area (Å²) < 4.78 is 0. The first-order valence-electron chi connectivity index (χ1n) is 7.09. The lowest BCUT2D eigenvalue weighted by Gasteiger charge is -2.25. The Kier molecular flexibility index (Phi) is 4.60. The lowest BCUT2D eigenvalue weighted by Crippen LogP contribution is -2.34. The minimum Gasteiger partial charge on any atom is -0.328 e. The van der Waals surface area contributed by atoms with Crippen molar-refractivity contribution < 1.29 is 4.79 Å². The van der Waals surface area contributed by atoms with Gasteiger partial charge in [-0.3, -0.25) is 4.79 Å². The van der Waals surface area contributed by atoms with E-state index in [2.05, 4.69) is 36.2 Å². The highest BCUT2D eigenvalue weighted by Gasteiger charge is 2.20. The third kappa shape index (κ3) is 3.66. The summed E-state index contributed by atoms with van der Waals surface area (Å²) >= 11 is 3.39. The maximum atomic E-state index is 12.4. The Morgan fingerprint density at radius 3 is 2.86 bits per heavy atom. The second-order valence-corrected chi connectivity index (χ2v) is 7.27. The predicted octanol–water partition coefficient (Wildman–Crippen LogP) is 3.58. The summed E-state index contributed by atoms with van der Waals surface area (Å²) in [6.07, 6.45) is 1.88. The minimum absolute atomic E-state index is 0.0774. The molecule has 21 heavy (non-hydrogen) atoms. The van der Waals surface area contributed by atoms with Gasteiger partial charge in [0.15, 0.2) is 0 Å². The van der Waals surface area contributed by atoms with Crippen LogP contribution in [0.1, 0.15) is 33.0 Å². The Balaban J connectivity index is 1.68. The van der Waals surface area contributed by atoms with Gasteiger partial charge in [0.05, 0.1) is 10.9 Å². The molecular weight excluding hydrogens is 300 g/mol. The number of thiazole rings is 1. The zero-order valence-electron chi connectivity index (χ0n) is 12.0. The zero-order chi connectivity index (χ0) is 14.7. The molecule has 3 nitrogen and oxygen atoms in total. The van der Waals surface area contributed by atoms with E-state index in [1.54, 1.807) is 11.3 Å². The van der Waals surface area contributed by atoms with Gasteiger partial charge in [-0.2, -0.15) is 0 Å². The average Bonchev–Trinajstić information content (AvgIpc) is 2.98. The number of hydrogen-bond acceptors (Lipinski definition) is 4. The van der Waals surface area contributed by atoms with Gasteiger partial charge in [0, 0.05) is 18.3 Å². The van der Waals surface area contributed by atoms with E-state index in [0.29, 0.717) is 5.69 Å². The van der Waals surface area contributed by atoms with Crippen molar-refractivity contribution in [1.29, 1.82) is 0 Å². The molecule has 2 heterocycles. The highest BCUT2D eigenvalue weighted by molar-refractivity contribution is 7.99. The van der Waals surface area contributed by atoms with Gasteiger partial charge in [-0.05, 0) is 24.7 Å². The first-order chi connectivity index (χ1) is 10.2. The zero-order valence-corrected chi connectivity index (χ0v) is 13.7. The van der Waals surface area contributed by atoms with Gasteiger partial charge >= 0.3 is 0 Å². The normalized spacial score (nSPS) is 15.2. The summed E-state index contributed by atoms with van der Waals surface area (Å²) in [4.78, 5) is 18.8. The maximum absolute atomic E-state index is 12.4. The fourth-order valence-corrected chi connectivity index (χ4v) is 4.02. The van der Waals surface area contributed by atoms with E-state index < -0.39 is 0 Å². The number of aryl methyl sites for hydroxylation is 1. The van der Waals surface area contributed by atoms with E-state index in [0.717, 1.165) is 36.0 Å². The van der Waals surface area contributed by atoms with Crippen molar-refractivity contribution in [3.8, 4) is 0 Å². The molecule has 1 aliphatic heterocycles. The largest absolute Gasteiger partial charge is 0.328 e. The molecule has 0 unspecified atom stereocenters. The third-order valence-corrected chi connectivity index (χ3v) is 5.42. The quantitative estimate of drug-likeness (QED) is 0.867. The monoisotopic (exact) mass is 318 g/mol. The van der Waals surface area contributed by atoms with Gasteiger partial charge < -0.3 is 4.90 Å². The van der Waals surface area contributed by atoms with E-state index in [-0.39, 0.29) is 5.91 Å². The topological polar surface area (TPSA) is 33.2 Å². The van der Waals surface area contributed by atoms with Crippen molar-refractivity contribution in [3.05, 3.63) is 51.5 Å². The number of carbonyl (C=O) groups is 1. The van der Waals surface area contributed by atoms with Gasteiger partial charge in [-0.1, -0.05) is 29.8 Å². The van der Waals surface area contributed by atoms with E-state index in [9.17, 15) is 4.79 Å². The van der Waals surface area contributed by atoms with Gasteiger partial charge in [0.25, 0.3) is 5.91 Å².